The molecule has 0 amide bonds. The van der Waals surface area contributed by atoms with Crippen LogP contribution in [-0.2, 0) is 23.8 Å². The zero-order valence-electron chi connectivity index (χ0n) is 22.2. The number of fused-ring (bicyclic) bond motifs is 5. The van der Waals surface area contributed by atoms with Gasteiger partial charge in [0, 0.05) is 25.4 Å². The lowest BCUT2D eigenvalue weighted by atomic mass is 9.41. The molecule has 4 aliphatic carbocycles. The summed E-state index contributed by atoms with van der Waals surface area (Å²) in [5, 5.41) is 0. The van der Waals surface area contributed by atoms with Crippen molar-refractivity contribution in [2.45, 2.75) is 105 Å². The number of methoxy groups -OCH3 is 1. The van der Waals surface area contributed by atoms with Crippen molar-refractivity contribution in [2.75, 3.05) is 7.11 Å². The number of hydrogen-bond donors (Lipinski definition) is 0. The molecular weight excluding hydrogens is 428 g/mol. The van der Waals surface area contributed by atoms with Crippen LogP contribution in [-0.4, -0.2) is 31.4 Å². The van der Waals surface area contributed by atoms with Crippen LogP contribution >= 0.6 is 0 Å². The Hall–Kier alpha value is -1.36. The molecule has 190 valence electrons. The van der Waals surface area contributed by atoms with Gasteiger partial charge in [0.25, 0.3) is 0 Å². The normalized spacial score (nSPS) is 49.4. The summed E-state index contributed by atoms with van der Waals surface area (Å²) in [6, 6.07) is 0. The summed E-state index contributed by atoms with van der Waals surface area (Å²) in [5.74, 6) is 1.43. The Labute approximate surface area is 205 Å². The van der Waals surface area contributed by atoms with Crippen LogP contribution in [0.1, 0.15) is 92.9 Å². The standard InChI is InChI=1S/C29H44O5/c1-17(30)33-23-12-13-27(4)20-11-15-28(5)19(18-16-24(31)34-25(18)32-7)10-14-29(28,6)21(20)8-9-22(27)26(23,2)3/h8,18-20,22-23,25H,9-16H2,1-7H3/t18?,19-,20-,22-,23+,25-,27+,28-,29+/m0/s1. The van der Waals surface area contributed by atoms with E-state index < -0.39 is 6.29 Å². The van der Waals surface area contributed by atoms with Gasteiger partial charge in [0.15, 0.2) is 0 Å². The number of hydrogen-bond acceptors (Lipinski definition) is 5. The van der Waals surface area contributed by atoms with Gasteiger partial charge >= 0.3 is 11.9 Å². The SMILES string of the molecule is CO[C@H]1OC(=O)CC1[C@@H]1CC[C@]2(C)C3=CC[C@H]4C(C)(C)[C@H](OC(C)=O)CC[C@]4(C)[C@H]3CC[C@@]12C. The Kier molecular flexibility index (Phi) is 5.60. The summed E-state index contributed by atoms with van der Waals surface area (Å²) in [5.41, 5.74) is 2.18. The van der Waals surface area contributed by atoms with Crippen molar-refractivity contribution in [3.05, 3.63) is 11.6 Å². The molecule has 0 aromatic rings. The molecule has 1 saturated heterocycles. The summed E-state index contributed by atoms with van der Waals surface area (Å²) in [7, 11) is 1.67. The Morgan fingerprint density at radius 2 is 1.79 bits per heavy atom. The van der Waals surface area contributed by atoms with Crippen LogP contribution in [0.4, 0.5) is 0 Å². The highest BCUT2D eigenvalue weighted by Crippen LogP contribution is 2.73. The van der Waals surface area contributed by atoms with Crippen molar-refractivity contribution in [3.8, 4) is 0 Å². The first-order valence-corrected chi connectivity index (χ1v) is 13.5. The lowest BCUT2D eigenvalue weighted by Crippen LogP contribution is -2.58. The van der Waals surface area contributed by atoms with Crippen LogP contribution in [0, 0.1) is 45.3 Å². The summed E-state index contributed by atoms with van der Waals surface area (Å²) in [6.07, 6.45) is 10.5. The predicted molar refractivity (Wildman–Crippen MR) is 130 cm³/mol. The van der Waals surface area contributed by atoms with Crippen LogP contribution in [0.25, 0.3) is 0 Å². The van der Waals surface area contributed by atoms with E-state index >= 15 is 0 Å². The number of allylic oxidation sites excluding steroid dienone is 2. The number of carbonyl (C=O) groups is 2. The topological polar surface area (TPSA) is 61.8 Å². The lowest BCUT2D eigenvalue weighted by molar-refractivity contribution is -0.175. The van der Waals surface area contributed by atoms with E-state index in [-0.39, 0.29) is 45.6 Å². The highest BCUT2D eigenvalue weighted by Gasteiger charge is 2.67. The average molecular weight is 473 g/mol. The van der Waals surface area contributed by atoms with Crippen LogP contribution < -0.4 is 0 Å². The van der Waals surface area contributed by atoms with Crippen molar-refractivity contribution >= 4 is 11.9 Å². The maximum absolute atomic E-state index is 12.2. The van der Waals surface area contributed by atoms with Crippen molar-refractivity contribution in [3.63, 3.8) is 0 Å². The van der Waals surface area contributed by atoms with E-state index in [0.717, 1.165) is 25.7 Å². The van der Waals surface area contributed by atoms with Crippen molar-refractivity contribution in [1.82, 2.24) is 0 Å². The fourth-order valence-electron chi connectivity index (χ4n) is 9.93. The molecule has 5 nitrogen and oxygen atoms in total. The molecule has 4 fully saturated rings. The quantitative estimate of drug-likeness (QED) is 0.369. The van der Waals surface area contributed by atoms with E-state index in [2.05, 4.69) is 40.7 Å². The van der Waals surface area contributed by atoms with E-state index in [1.807, 2.05) is 0 Å². The molecule has 0 radical (unpaired) electrons. The molecule has 9 atom stereocenters. The zero-order chi connectivity index (χ0) is 24.7. The molecule has 5 rings (SSSR count). The molecule has 0 bridgehead atoms. The fraction of sp³-hybridized carbons (Fsp3) is 0.862. The number of carbonyl (C=O) groups excluding carboxylic acids is 2. The second kappa shape index (κ2) is 7.82. The molecule has 3 saturated carbocycles. The summed E-state index contributed by atoms with van der Waals surface area (Å²) >= 11 is 0. The van der Waals surface area contributed by atoms with Crippen molar-refractivity contribution in [2.24, 2.45) is 45.3 Å². The minimum Gasteiger partial charge on any atom is -0.462 e. The highest BCUT2D eigenvalue weighted by molar-refractivity contribution is 5.72. The molecule has 0 spiro atoms. The van der Waals surface area contributed by atoms with Gasteiger partial charge in [0.05, 0.1) is 6.42 Å². The van der Waals surface area contributed by atoms with Crippen molar-refractivity contribution in [1.29, 1.82) is 0 Å². The molecule has 5 heteroatoms. The first kappa shape index (κ1) is 24.3. The Morgan fingerprint density at radius 3 is 2.47 bits per heavy atom. The Morgan fingerprint density at radius 1 is 1.06 bits per heavy atom. The van der Waals surface area contributed by atoms with Gasteiger partial charge in [-0.1, -0.05) is 46.3 Å². The molecule has 5 aliphatic rings. The molecule has 1 aliphatic heterocycles. The predicted octanol–water partition coefficient (Wildman–Crippen LogP) is 6.06. The first-order valence-electron chi connectivity index (χ1n) is 13.5. The van der Waals surface area contributed by atoms with Gasteiger partial charge in [-0.15, -0.1) is 0 Å². The Bertz CT molecular complexity index is 906. The maximum Gasteiger partial charge on any atom is 0.308 e. The van der Waals surface area contributed by atoms with Crippen LogP contribution in [0.3, 0.4) is 0 Å². The Balaban J connectivity index is 1.47. The third-order valence-electron chi connectivity index (χ3n) is 11.9. The summed E-state index contributed by atoms with van der Waals surface area (Å²) in [6.45, 7) is 13.7. The molecular formula is C29H44O5. The van der Waals surface area contributed by atoms with E-state index in [9.17, 15) is 9.59 Å². The molecule has 1 heterocycles. The lowest BCUT2D eigenvalue weighted by Gasteiger charge is -2.64. The van der Waals surface area contributed by atoms with E-state index in [4.69, 9.17) is 14.2 Å². The van der Waals surface area contributed by atoms with E-state index in [1.54, 1.807) is 19.6 Å². The second-order valence-electron chi connectivity index (χ2n) is 13.4. The largest absolute Gasteiger partial charge is 0.462 e. The number of rotatable bonds is 3. The molecule has 0 aromatic carbocycles. The van der Waals surface area contributed by atoms with Gasteiger partial charge in [0.2, 0.25) is 6.29 Å². The van der Waals surface area contributed by atoms with Gasteiger partial charge in [-0.3, -0.25) is 9.59 Å². The number of ether oxygens (including phenoxy) is 3. The van der Waals surface area contributed by atoms with E-state index in [0.29, 0.717) is 24.2 Å². The average Bonchev–Trinajstić information content (AvgIpc) is 3.26. The summed E-state index contributed by atoms with van der Waals surface area (Å²) in [4.78, 5) is 24.0. The fourth-order valence-corrected chi connectivity index (χ4v) is 9.93. The molecule has 0 aromatic heterocycles. The first-order chi connectivity index (χ1) is 15.9. The maximum atomic E-state index is 12.2. The van der Waals surface area contributed by atoms with Gasteiger partial charge in [-0.2, -0.15) is 0 Å². The van der Waals surface area contributed by atoms with Crippen LogP contribution in [0.5, 0.6) is 0 Å². The monoisotopic (exact) mass is 472 g/mol. The number of cyclic esters (lactones) is 1. The van der Waals surface area contributed by atoms with Crippen LogP contribution in [0.15, 0.2) is 11.6 Å². The molecule has 34 heavy (non-hydrogen) atoms. The number of esters is 2. The minimum atomic E-state index is -0.394. The summed E-state index contributed by atoms with van der Waals surface area (Å²) < 4.78 is 17.0. The minimum absolute atomic E-state index is 0.00390. The van der Waals surface area contributed by atoms with Gasteiger partial charge in [-0.25, -0.2) is 0 Å². The molecule has 1 unspecified atom stereocenters. The van der Waals surface area contributed by atoms with E-state index in [1.165, 1.54) is 19.3 Å². The van der Waals surface area contributed by atoms with Gasteiger partial charge < -0.3 is 14.2 Å². The van der Waals surface area contributed by atoms with Crippen LogP contribution in [0.2, 0.25) is 0 Å². The smallest absolute Gasteiger partial charge is 0.308 e. The van der Waals surface area contributed by atoms with Crippen molar-refractivity contribution < 1.29 is 23.8 Å². The zero-order valence-corrected chi connectivity index (χ0v) is 22.2. The third-order valence-corrected chi connectivity index (χ3v) is 11.9. The molecule has 0 N–H and O–H groups in total. The van der Waals surface area contributed by atoms with Gasteiger partial charge in [0.1, 0.15) is 6.10 Å². The van der Waals surface area contributed by atoms with Gasteiger partial charge in [-0.05, 0) is 78.9 Å². The second-order valence-corrected chi connectivity index (χ2v) is 13.4. The third kappa shape index (κ3) is 3.14. The highest BCUT2D eigenvalue weighted by atomic mass is 16.7.